The second kappa shape index (κ2) is 9.43. The molecule has 1 atom stereocenters. The van der Waals surface area contributed by atoms with Gasteiger partial charge >= 0.3 is 5.97 Å². The van der Waals surface area contributed by atoms with Crippen LogP contribution in [0.15, 0.2) is 58.7 Å². The van der Waals surface area contributed by atoms with Crippen molar-refractivity contribution in [2.45, 2.75) is 18.6 Å². The third-order valence-corrected chi connectivity index (χ3v) is 5.52. The minimum atomic E-state index is -1.09. The quantitative estimate of drug-likeness (QED) is 0.305. The molecule has 3 N–H and O–H groups in total. The predicted octanol–water partition coefficient (Wildman–Crippen LogP) is 2.50. The molecule has 1 heterocycles. The molecule has 1 unspecified atom stereocenters. The van der Waals surface area contributed by atoms with Gasteiger partial charge in [-0.15, -0.1) is 5.10 Å². The molecule has 31 heavy (non-hydrogen) atoms. The first-order chi connectivity index (χ1) is 14.8. The van der Waals surface area contributed by atoms with Crippen LogP contribution < -0.4 is 15.4 Å². The number of methoxy groups -OCH3 is 1. The van der Waals surface area contributed by atoms with Gasteiger partial charge in [-0.2, -0.15) is 5.10 Å². The van der Waals surface area contributed by atoms with E-state index in [-0.39, 0.29) is 17.2 Å². The molecule has 0 radical (unpaired) electrons. The molecule has 2 amide bonds. The molecule has 1 aliphatic heterocycles. The zero-order valence-corrected chi connectivity index (χ0v) is 17.6. The summed E-state index contributed by atoms with van der Waals surface area (Å²) in [6, 6.07) is 12.8. The Morgan fingerprint density at radius 3 is 2.29 bits per heavy atom. The fraction of sp³-hybridized carbons (Fsp3) is 0.190. The van der Waals surface area contributed by atoms with Crippen LogP contribution in [0.25, 0.3) is 0 Å². The van der Waals surface area contributed by atoms with Gasteiger partial charge in [0.25, 0.3) is 0 Å². The molecule has 0 aliphatic carbocycles. The van der Waals surface area contributed by atoms with Crippen LogP contribution in [0.3, 0.4) is 0 Å². The Morgan fingerprint density at radius 1 is 1.10 bits per heavy atom. The Bertz CT molecular complexity index is 1060. The lowest BCUT2D eigenvalue weighted by molar-refractivity contribution is -0.121. The number of hydrogen-bond acceptors (Lipinski definition) is 7. The second-order valence-corrected chi connectivity index (χ2v) is 7.81. The summed E-state index contributed by atoms with van der Waals surface area (Å²) in [6.07, 6.45) is -0.0401. The Labute approximate surface area is 182 Å². The number of rotatable bonds is 6. The molecule has 0 bridgehead atoms. The maximum absolute atomic E-state index is 12.7. The van der Waals surface area contributed by atoms with Gasteiger partial charge in [-0.1, -0.05) is 11.8 Å². The third kappa shape index (κ3) is 5.10. The SMILES string of the molecule is COc1ccc(C(C)=NN=C(N)SC2CC(=O)N(c3ccc(C(=O)O)cc3)C2=O)cc1. The van der Waals surface area contributed by atoms with Crippen molar-refractivity contribution in [2.75, 3.05) is 12.0 Å². The zero-order valence-electron chi connectivity index (χ0n) is 16.8. The topological polar surface area (TPSA) is 135 Å². The van der Waals surface area contributed by atoms with E-state index >= 15 is 0 Å². The molecule has 1 aliphatic rings. The lowest BCUT2D eigenvalue weighted by Gasteiger charge is -2.14. The summed E-state index contributed by atoms with van der Waals surface area (Å²) >= 11 is 0.963. The third-order valence-electron chi connectivity index (χ3n) is 4.55. The van der Waals surface area contributed by atoms with Crippen LogP contribution in [-0.4, -0.2) is 46.1 Å². The molecular weight excluding hydrogens is 420 g/mol. The summed E-state index contributed by atoms with van der Waals surface area (Å²) in [5.41, 5.74) is 7.75. The molecule has 2 aromatic rings. The smallest absolute Gasteiger partial charge is 0.335 e. The molecule has 1 saturated heterocycles. The molecule has 9 nitrogen and oxygen atoms in total. The van der Waals surface area contributed by atoms with Crippen LogP contribution in [0.5, 0.6) is 5.75 Å². The van der Waals surface area contributed by atoms with Gasteiger partial charge in [0.2, 0.25) is 11.8 Å². The Hall–Kier alpha value is -3.66. The molecule has 160 valence electrons. The minimum Gasteiger partial charge on any atom is -0.497 e. The van der Waals surface area contributed by atoms with Crippen molar-refractivity contribution in [1.82, 2.24) is 0 Å². The molecule has 0 aromatic heterocycles. The normalized spacial score (nSPS) is 17.2. The highest BCUT2D eigenvalue weighted by molar-refractivity contribution is 8.14. The highest BCUT2D eigenvalue weighted by Gasteiger charge is 2.40. The number of amidine groups is 1. The van der Waals surface area contributed by atoms with Crippen LogP contribution in [0.4, 0.5) is 5.69 Å². The number of amides is 2. The fourth-order valence-corrected chi connectivity index (χ4v) is 3.72. The lowest BCUT2D eigenvalue weighted by atomic mass is 10.1. The number of carbonyl (C=O) groups is 3. The van der Waals surface area contributed by atoms with Crippen molar-refractivity contribution in [3.05, 3.63) is 59.7 Å². The maximum Gasteiger partial charge on any atom is 0.335 e. The van der Waals surface area contributed by atoms with Crippen molar-refractivity contribution >= 4 is 46.1 Å². The van der Waals surface area contributed by atoms with E-state index in [0.717, 1.165) is 28.0 Å². The summed E-state index contributed by atoms with van der Waals surface area (Å²) in [7, 11) is 1.58. The number of carboxylic acids is 1. The molecule has 10 heteroatoms. The molecule has 1 fully saturated rings. The predicted molar refractivity (Wildman–Crippen MR) is 119 cm³/mol. The van der Waals surface area contributed by atoms with E-state index in [4.69, 9.17) is 15.6 Å². The van der Waals surface area contributed by atoms with Crippen LogP contribution in [0.1, 0.15) is 29.3 Å². The average molecular weight is 440 g/mol. The summed E-state index contributed by atoms with van der Waals surface area (Å²) in [4.78, 5) is 37.1. The van der Waals surface area contributed by atoms with Gasteiger partial charge in [-0.05, 0) is 61.0 Å². The van der Waals surface area contributed by atoms with Gasteiger partial charge in [-0.25, -0.2) is 9.69 Å². The van der Waals surface area contributed by atoms with E-state index < -0.39 is 23.0 Å². The van der Waals surface area contributed by atoms with Crippen molar-refractivity contribution in [3.63, 3.8) is 0 Å². The fourth-order valence-electron chi connectivity index (χ4n) is 2.90. The number of thioether (sulfide) groups is 1. The van der Waals surface area contributed by atoms with E-state index in [0.29, 0.717) is 11.4 Å². The first-order valence-electron chi connectivity index (χ1n) is 9.19. The number of nitrogens with zero attached hydrogens (tertiary/aromatic N) is 3. The highest BCUT2D eigenvalue weighted by atomic mass is 32.2. The highest BCUT2D eigenvalue weighted by Crippen LogP contribution is 2.30. The van der Waals surface area contributed by atoms with Crippen molar-refractivity contribution in [1.29, 1.82) is 0 Å². The zero-order chi connectivity index (χ0) is 22.5. The van der Waals surface area contributed by atoms with Crippen molar-refractivity contribution in [3.8, 4) is 5.75 Å². The number of hydrogen-bond donors (Lipinski definition) is 2. The lowest BCUT2D eigenvalue weighted by Crippen LogP contribution is -2.31. The van der Waals surface area contributed by atoms with Gasteiger partial charge in [0.05, 0.1) is 24.1 Å². The van der Waals surface area contributed by atoms with E-state index in [2.05, 4.69) is 10.2 Å². The number of carbonyl (C=O) groups excluding carboxylic acids is 2. The number of anilines is 1. The van der Waals surface area contributed by atoms with Crippen LogP contribution >= 0.6 is 11.8 Å². The van der Waals surface area contributed by atoms with E-state index in [9.17, 15) is 14.4 Å². The number of aromatic carboxylic acids is 1. The molecular formula is C21H20N4O5S. The molecule has 0 spiro atoms. The second-order valence-electron chi connectivity index (χ2n) is 6.58. The number of carboxylic acid groups (broad SMARTS) is 1. The van der Waals surface area contributed by atoms with Gasteiger partial charge < -0.3 is 15.6 Å². The number of ether oxygens (including phenoxy) is 1. The van der Waals surface area contributed by atoms with Crippen molar-refractivity contribution < 1.29 is 24.2 Å². The summed E-state index contributed by atoms with van der Waals surface area (Å²) < 4.78 is 5.12. The van der Waals surface area contributed by atoms with Crippen LogP contribution in [0, 0.1) is 0 Å². The minimum absolute atomic E-state index is 0.0401. The van der Waals surface area contributed by atoms with Gasteiger partial charge in [0, 0.05) is 6.42 Å². The number of benzene rings is 2. The van der Waals surface area contributed by atoms with E-state index in [1.165, 1.54) is 24.3 Å². The maximum atomic E-state index is 12.7. The Morgan fingerprint density at radius 2 is 1.71 bits per heavy atom. The Kier molecular flexibility index (Phi) is 6.71. The first kappa shape index (κ1) is 22.0. The van der Waals surface area contributed by atoms with E-state index in [1.807, 2.05) is 12.1 Å². The van der Waals surface area contributed by atoms with Gasteiger partial charge in [0.15, 0.2) is 5.17 Å². The summed E-state index contributed by atoms with van der Waals surface area (Å²) in [5, 5.41) is 16.4. The van der Waals surface area contributed by atoms with E-state index in [1.54, 1.807) is 26.2 Å². The van der Waals surface area contributed by atoms with Crippen LogP contribution in [0.2, 0.25) is 0 Å². The number of imide groups is 1. The standard InChI is InChI=1S/C21H20N4O5S/c1-12(13-5-9-16(30-2)10-6-13)23-24-21(22)31-17-11-18(26)25(19(17)27)15-7-3-14(4-8-15)20(28)29/h3-10,17H,11H2,1-2H3,(H2,22,24)(H,28,29). The summed E-state index contributed by atoms with van der Waals surface area (Å²) in [5.74, 6) is -1.20. The number of nitrogens with two attached hydrogens (primary N) is 1. The van der Waals surface area contributed by atoms with Gasteiger partial charge in [0.1, 0.15) is 11.0 Å². The Balaban J connectivity index is 1.68. The summed E-state index contributed by atoms with van der Waals surface area (Å²) in [6.45, 7) is 1.77. The monoisotopic (exact) mass is 440 g/mol. The first-order valence-corrected chi connectivity index (χ1v) is 10.1. The molecule has 3 rings (SSSR count). The largest absolute Gasteiger partial charge is 0.497 e. The van der Waals surface area contributed by atoms with Crippen LogP contribution in [-0.2, 0) is 9.59 Å². The van der Waals surface area contributed by atoms with Crippen molar-refractivity contribution in [2.24, 2.45) is 15.9 Å². The van der Waals surface area contributed by atoms with Gasteiger partial charge in [-0.3, -0.25) is 9.59 Å². The molecule has 0 saturated carbocycles. The molecule has 2 aromatic carbocycles. The average Bonchev–Trinajstić information content (AvgIpc) is 3.04.